The summed E-state index contributed by atoms with van der Waals surface area (Å²) in [7, 11) is 0. The molecule has 1 atom stereocenters. The van der Waals surface area contributed by atoms with Gasteiger partial charge in [-0.3, -0.25) is 4.98 Å². The molecule has 2 heterocycles. The fraction of sp³-hybridized carbons (Fsp3) is 0.357. The van der Waals surface area contributed by atoms with E-state index in [1.54, 1.807) is 0 Å². The highest BCUT2D eigenvalue weighted by atomic mass is 16.5. The van der Waals surface area contributed by atoms with E-state index >= 15 is 0 Å². The molecule has 3 rings (SSSR count). The summed E-state index contributed by atoms with van der Waals surface area (Å²) in [5, 5.41) is 4.55. The predicted molar refractivity (Wildman–Crippen MR) is 68.1 cm³/mol. The normalized spacial score (nSPS) is 20.6. The minimum absolute atomic E-state index is 0.284. The monoisotopic (exact) mass is 228 g/mol. The van der Waals surface area contributed by atoms with Crippen LogP contribution in [0, 0.1) is 0 Å². The van der Waals surface area contributed by atoms with Crippen molar-refractivity contribution in [3.05, 3.63) is 42.1 Å². The molecule has 0 spiro atoms. The summed E-state index contributed by atoms with van der Waals surface area (Å²) in [6.45, 7) is 2.71. The van der Waals surface area contributed by atoms with Crippen LogP contribution < -0.4 is 5.32 Å². The zero-order valence-electron chi connectivity index (χ0n) is 9.73. The highest BCUT2D eigenvalue weighted by Gasteiger charge is 2.14. The fourth-order valence-electron chi connectivity index (χ4n) is 2.24. The number of fused-ring (bicyclic) bond motifs is 1. The van der Waals surface area contributed by atoms with Crippen molar-refractivity contribution in [2.24, 2.45) is 0 Å². The second kappa shape index (κ2) is 4.82. The van der Waals surface area contributed by atoms with Crippen LogP contribution in [0.4, 0.5) is 0 Å². The molecule has 0 aliphatic carbocycles. The summed E-state index contributed by atoms with van der Waals surface area (Å²) >= 11 is 0. The molecule has 1 unspecified atom stereocenters. The van der Waals surface area contributed by atoms with E-state index in [0.29, 0.717) is 0 Å². The first kappa shape index (κ1) is 10.7. The lowest BCUT2D eigenvalue weighted by atomic mass is 10.1. The number of hydrogen-bond donors (Lipinski definition) is 1. The lowest BCUT2D eigenvalue weighted by Crippen LogP contribution is -2.39. The Bertz CT molecular complexity index is 506. The molecule has 1 aromatic heterocycles. The third-order valence-corrected chi connectivity index (χ3v) is 3.11. The molecule has 1 fully saturated rings. The Morgan fingerprint density at radius 1 is 1.35 bits per heavy atom. The van der Waals surface area contributed by atoms with Crippen LogP contribution in [-0.4, -0.2) is 30.8 Å². The van der Waals surface area contributed by atoms with E-state index in [4.69, 9.17) is 4.74 Å². The molecular formula is C14H16N2O. The second-order valence-electron chi connectivity index (χ2n) is 4.44. The Labute approximate surface area is 101 Å². The molecule has 0 radical (unpaired) electrons. The molecule has 0 saturated carbocycles. The Balaban J connectivity index is 1.80. The van der Waals surface area contributed by atoms with Crippen LogP contribution in [0.1, 0.15) is 5.56 Å². The molecule has 1 aliphatic heterocycles. The van der Waals surface area contributed by atoms with Crippen LogP contribution in [0.3, 0.4) is 0 Å². The van der Waals surface area contributed by atoms with Crippen LogP contribution in [0.15, 0.2) is 36.5 Å². The number of pyridine rings is 1. The molecule has 3 heteroatoms. The van der Waals surface area contributed by atoms with Gasteiger partial charge in [-0.1, -0.05) is 18.2 Å². The number of rotatable bonds is 2. The van der Waals surface area contributed by atoms with E-state index in [1.165, 1.54) is 10.9 Å². The Hall–Kier alpha value is -1.45. The third-order valence-electron chi connectivity index (χ3n) is 3.11. The van der Waals surface area contributed by atoms with Crippen LogP contribution in [0.25, 0.3) is 10.9 Å². The smallest absolute Gasteiger partial charge is 0.0740 e. The maximum absolute atomic E-state index is 5.70. The Kier molecular flexibility index (Phi) is 3.03. The van der Waals surface area contributed by atoms with Crippen molar-refractivity contribution in [3.63, 3.8) is 0 Å². The third kappa shape index (κ3) is 2.46. The SMILES string of the molecule is c1ccc2ncc(CC3CNCCO3)cc2c1. The van der Waals surface area contributed by atoms with Gasteiger partial charge in [0.1, 0.15) is 0 Å². The van der Waals surface area contributed by atoms with Crippen molar-refractivity contribution in [2.75, 3.05) is 19.7 Å². The van der Waals surface area contributed by atoms with Crippen LogP contribution in [-0.2, 0) is 11.2 Å². The molecule has 1 N–H and O–H groups in total. The first-order valence-corrected chi connectivity index (χ1v) is 6.08. The van der Waals surface area contributed by atoms with Gasteiger partial charge in [-0.2, -0.15) is 0 Å². The number of nitrogens with one attached hydrogen (secondary N) is 1. The van der Waals surface area contributed by atoms with Gasteiger partial charge in [-0.05, 0) is 17.7 Å². The maximum atomic E-state index is 5.70. The van der Waals surface area contributed by atoms with Gasteiger partial charge in [0.25, 0.3) is 0 Å². The topological polar surface area (TPSA) is 34.2 Å². The van der Waals surface area contributed by atoms with E-state index in [1.807, 2.05) is 24.4 Å². The van der Waals surface area contributed by atoms with Gasteiger partial charge in [0.15, 0.2) is 0 Å². The van der Waals surface area contributed by atoms with Gasteiger partial charge in [0.2, 0.25) is 0 Å². The molecule has 0 amide bonds. The van der Waals surface area contributed by atoms with Gasteiger partial charge in [-0.15, -0.1) is 0 Å². The van der Waals surface area contributed by atoms with Gasteiger partial charge in [0.05, 0.1) is 18.2 Å². The zero-order valence-corrected chi connectivity index (χ0v) is 9.73. The Morgan fingerprint density at radius 3 is 3.18 bits per heavy atom. The van der Waals surface area contributed by atoms with Crippen molar-refractivity contribution in [1.29, 1.82) is 0 Å². The largest absolute Gasteiger partial charge is 0.375 e. The lowest BCUT2D eigenvalue weighted by Gasteiger charge is -2.23. The van der Waals surface area contributed by atoms with Crippen molar-refractivity contribution in [3.8, 4) is 0 Å². The second-order valence-corrected chi connectivity index (χ2v) is 4.44. The maximum Gasteiger partial charge on any atom is 0.0740 e. The van der Waals surface area contributed by atoms with E-state index in [9.17, 15) is 0 Å². The number of hydrogen-bond acceptors (Lipinski definition) is 3. The molecule has 88 valence electrons. The molecule has 1 aliphatic rings. The average molecular weight is 228 g/mol. The summed E-state index contributed by atoms with van der Waals surface area (Å²) in [6, 6.07) is 10.4. The summed E-state index contributed by atoms with van der Waals surface area (Å²) in [5.41, 5.74) is 2.30. The van der Waals surface area contributed by atoms with Crippen molar-refractivity contribution < 1.29 is 4.74 Å². The number of morpholine rings is 1. The van der Waals surface area contributed by atoms with E-state index in [2.05, 4.69) is 22.4 Å². The van der Waals surface area contributed by atoms with E-state index in [0.717, 1.165) is 31.6 Å². The number of ether oxygens (including phenoxy) is 1. The number of nitrogens with zero attached hydrogens (tertiary/aromatic N) is 1. The average Bonchev–Trinajstić information content (AvgIpc) is 2.40. The van der Waals surface area contributed by atoms with Crippen molar-refractivity contribution in [2.45, 2.75) is 12.5 Å². The van der Waals surface area contributed by atoms with E-state index in [-0.39, 0.29) is 6.10 Å². The van der Waals surface area contributed by atoms with Gasteiger partial charge >= 0.3 is 0 Å². The van der Waals surface area contributed by atoms with Gasteiger partial charge in [-0.25, -0.2) is 0 Å². The molecule has 1 saturated heterocycles. The highest BCUT2D eigenvalue weighted by Crippen LogP contribution is 2.14. The number of para-hydroxylation sites is 1. The van der Waals surface area contributed by atoms with Gasteiger partial charge < -0.3 is 10.1 Å². The molecule has 0 bridgehead atoms. The first-order chi connectivity index (χ1) is 8.42. The predicted octanol–water partition coefficient (Wildman–Crippen LogP) is 1.77. The fourth-order valence-corrected chi connectivity index (χ4v) is 2.24. The summed E-state index contributed by atoms with van der Waals surface area (Å²) < 4.78 is 5.70. The minimum Gasteiger partial charge on any atom is -0.375 e. The van der Waals surface area contributed by atoms with Crippen LogP contribution >= 0.6 is 0 Å². The molecule has 17 heavy (non-hydrogen) atoms. The summed E-state index contributed by atoms with van der Waals surface area (Å²) in [6.07, 6.45) is 3.18. The first-order valence-electron chi connectivity index (χ1n) is 6.08. The molecule has 1 aromatic carbocycles. The van der Waals surface area contributed by atoms with Crippen molar-refractivity contribution in [1.82, 2.24) is 10.3 Å². The highest BCUT2D eigenvalue weighted by molar-refractivity contribution is 5.78. The zero-order chi connectivity index (χ0) is 11.5. The molecule has 3 nitrogen and oxygen atoms in total. The quantitative estimate of drug-likeness (QED) is 0.850. The Morgan fingerprint density at radius 2 is 2.29 bits per heavy atom. The number of aromatic nitrogens is 1. The van der Waals surface area contributed by atoms with Gasteiger partial charge in [0, 0.05) is 31.1 Å². The summed E-state index contributed by atoms with van der Waals surface area (Å²) in [4.78, 5) is 4.47. The van der Waals surface area contributed by atoms with E-state index < -0.39 is 0 Å². The standard InChI is InChI=1S/C14H16N2O/c1-2-4-14-12(3-1)7-11(9-16-14)8-13-10-15-5-6-17-13/h1-4,7,9,13,15H,5-6,8,10H2. The molecule has 2 aromatic rings. The van der Waals surface area contributed by atoms with Crippen molar-refractivity contribution >= 4 is 10.9 Å². The summed E-state index contributed by atoms with van der Waals surface area (Å²) in [5.74, 6) is 0. The lowest BCUT2D eigenvalue weighted by molar-refractivity contribution is 0.0292. The van der Waals surface area contributed by atoms with Crippen LogP contribution in [0.5, 0.6) is 0 Å². The number of benzene rings is 1. The minimum atomic E-state index is 0.284. The molecular weight excluding hydrogens is 212 g/mol. The van der Waals surface area contributed by atoms with Crippen LogP contribution in [0.2, 0.25) is 0 Å².